The molecule has 0 amide bonds. The molecule has 5 atom stereocenters. The molecule has 1 aromatic rings. The van der Waals surface area contributed by atoms with E-state index in [4.69, 9.17) is 40.0 Å². The Morgan fingerprint density at radius 1 is 0.941 bits per heavy atom. The number of carbonyl (C=O) groups is 4. The van der Waals surface area contributed by atoms with Gasteiger partial charge in [0, 0.05) is 39.8 Å². The number of benzene rings is 1. The molecule has 0 aliphatic carbocycles. The molecule has 1 fully saturated rings. The van der Waals surface area contributed by atoms with Gasteiger partial charge in [-0.25, -0.2) is 0 Å². The summed E-state index contributed by atoms with van der Waals surface area (Å²) in [7, 11) is 0. The van der Waals surface area contributed by atoms with Gasteiger partial charge in [0.05, 0.1) is 9.95 Å². The number of non-ortho nitro benzene ring substituents is 1. The van der Waals surface area contributed by atoms with Crippen LogP contribution in [0.25, 0.3) is 0 Å². The number of hydrogen-bond donors (Lipinski definition) is 0. The first-order chi connectivity index (χ1) is 15.9. The van der Waals surface area contributed by atoms with Gasteiger partial charge in [-0.15, -0.1) is 0 Å². The number of nitrogens with zero attached hydrogens (tertiary/aromatic N) is 1. The summed E-state index contributed by atoms with van der Waals surface area (Å²) in [6.45, 7) is 3.95. The highest BCUT2D eigenvalue weighted by atomic mass is 35.5. The lowest BCUT2D eigenvalue weighted by Crippen LogP contribution is -2.63. The number of hydrogen-bond acceptors (Lipinski definition) is 12. The summed E-state index contributed by atoms with van der Waals surface area (Å²) < 4.78 is 32.2. The Morgan fingerprint density at radius 2 is 1.50 bits per heavy atom. The largest absolute Gasteiger partial charge is 0.463 e. The Bertz CT molecular complexity index is 967. The van der Waals surface area contributed by atoms with Crippen LogP contribution in [0.15, 0.2) is 18.2 Å². The SMILES string of the molecule is CC(=O)OCC1O[C@@H](Oc2ccc([N+](=O)[O-])cc2Cl)[C@@H](OC(C)=O)[C@@H](OC(C)=O)[C@H]1OC(C)=O. The van der Waals surface area contributed by atoms with Crippen LogP contribution in [-0.2, 0) is 42.9 Å². The van der Waals surface area contributed by atoms with Crippen molar-refractivity contribution in [1.29, 1.82) is 0 Å². The fourth-order valence-corrected chi connectivity index (χ4v) is 3.33. The molecule has 1 aliphatic rings. The third-order valence-corrected chi connectivity index (χ3v) is 4.61. The maximum Gasteiger partial charge on any atom is 0.303 e. The lowest BCUT2D eigenvalue weighted by atomic mass is 9.98. The molecule has 1 heterocycles. The second-order valence-corrected chi connectivity index (χ2v) is 7.46. The smallest absolute Gasteiger partial charge is 0.303 e. The summed E-state index contributed by atoms with van der Waals surface area (Å²) in [5.41, 5.74) is -0.307. The highest BCUT2D eigenvalue weighted by Gasteiger charge is 2.53. The molecule has 0 radical (unpaired) electrons. The zero-order chi connectivity index (χ0) is 25.6. The molecule has 1 aromatic carbocycles. The van der Waals surface area contributed by atoms with Crippen LogP contribution in [0.1, 0.15) is 27.7 Å². The maximum absolute atomic E-state index is 11.8. The molecule has 1 aliphatic heterocycles. The van der Waals surface area contributed by atoms with Gasteiger partial charge in [0.15, 0.2) is 12.2 Å². The molecule has 0 saturated carbocycles. The van der Waals surface area contributed by atoms with Crippen molar-refractivity contribution in [2.45, 2.75) is 58.4 Å². The van der Waals surface area contributed by atoms with Gasteiger partial charge in [0.1, 0.15) is 18.5 Å². The molecular weight excluding hydrogens is 482 g/mol. The van der Waals surface area contributed by atoms with E-state index in [2.05, 4.69) is 0 Å². The predicted octanol–water partition coefficient (Wildman–Crippen LogP) is 1.71. The highest BCUT2D eigenvalue weighted by Crippen LogP contribution is 2.34. The van der Waals surface area contributed by atoms with E-state index in [1.165, 1.54) is 6.07 Å². The van der Waals surface area contributed by atoms with Crippen LogP contribution in [0.2, 0.25) is 5.02 Å². The summed E-state index contributed by atoms with van der Waals surface area (Å²) >= 11 is 6.09. The molecule has 186 valence electrons. The topological polar surface area (TPSA) is 167 Å². The molecule has 1 unspecified atom stereocenters. The van der Waals surface area contributed by atoms with Crippen LogP contribution >= 0.6 is 11.6 Å². The van der Waals surface area contributed by atoms with Gasteiger partial charge in [0.25, 0.3) is 5.69 Å². The van der Waals surface area contributed by atoms with Gasteiger partial charge in [0.2, 0.25) is 12.4 Å². The van der Waals surface area contributed by atoms with Crippen molar-refractivity contribution >= 4 is 41.2 Å². The van der Waals surface area contributed by atoms with Crippen LogP contribution in [0.3, 0.4) is 0 Å². The molecule has 0 N–H and O–H groups in total. The molecule has 0 spiro atoms. The van der Waals surface area contributed by atoms with Crippen molar-refractivity contribution in [2.75, 3.05) is 6.61 Å². The number of ether oxygens (including phenoxy) is 6. The molecule has 1 saturated heterocycles. The quantitative estimate of drug-likeness (QED) is 0.218. The fraction of sp³-hybridized carbons (Fsp3) is 0.500. The first-order valence-electron chi connectivity index (χ1n) is 9.80. The van der Waals surface area contributed by atoms with Gasteiger partial charge in [-0.3, -0.25) is 29.3 Å². The van der Waals surface area contributed by atoms with E-state index in [-0.39, 0.29) is 16.5 Å². The van der Waals surface area contributed by atoms with Crippen molar-refractivity contribution in [3.63, 3.8) is 0 Å². The second-order valence-electron chi connectivity index (χ2n) is 7.06. The summed E-state index contributed by atoms with van der Waals surface area (Å²) in [4.78, 5) is 57.0. The average molecular weight is 504 g/mol. The fourth-order valence-electron chi connectivity index (χ4n) is 3.11. The molecular formula is C20H22ClNO12. The monoisotopic (exact) mass is 503 g/mol. The van der Waals surface area contributed by atoms with E-state index < -0.39 is 66.1 Å². The van der Waals surface area contributed by atoms with E-state index in [0.29, 0.717) is 0 Å². The minimum absolute atomic E-state index is 0.0897. The minimum atomic E-state index is -1.51. The van der Waals surface area contributed by atoms with Crippen molar-refractivity contribution < 1.29 is 52.5 Å². The normalized spacial score (nSPS) is 23.9. The number of esters is 4. The van der Waals surface area contributed by atoms with Crippen LogP contribution in [0.5, 0.6) is 5.75 Å². The van der Waals surface area contributed by atoms with Crippen molar-refractivity contribution in [1.82, 2.24) is 0 Å². The van der Waals surface area contributed by atoms with Crippen molar-refractivity contribution in [2.24, 2.45) is 0 Å². The van der Waals surface area contributed by atoms with Crippen LogP contribution < -0.4 is 4.74 Å². The molecule has 0 aromatic heterocycles. The Hall–Kier alpha value is -3.45. The Morgan fingerprint density at radius 3 is 2.00 bits per heavy atom. The van der Waals surface area contributed by atoms with Crippen LogP contribution in [-0.4, -0.2) is 66.1 Å². The Labute approximate surface area is 198 Å². The Kier molecular flexibility index (Phi) is 9.15. The van der Waals surface area contributed by atoms with E-state index in [1.54, 1.807) is 0 Å². The molecule has 34 heavy (non-hydrogen) atoms. The number of carbonyl (C=O) groups excluding carboxylic acids is 4. The number of rotatable bonds is 8. The predicted molar refractivity (Wildman–Crippen MR) is 111 cm³/mol. The average Bonchev–Trinajstić information content (AvgIpc) is 2.71. The summed E-state index contributed by atoms with van der Waals surface area (Å²) in [6, 6.07) is 3.34. The van der Waals surface area contributed by atoms with E-state index in [0.717, 1.165) is 39.8 Å². The number of nitro groups is 1. The van der Waals surface area contributed by atoms with E-state index >= 15 is 0 Å². The van der Waals surface area contributed by atoms with Gasteiger partial charge >= 0.3 is 23.9 Å². The molecule has 2 rings (SSSR count). The standard InChI is InChI=1S/C20H22ClNO12/c1-9(23)29-8-16-17(30-10(2)24)18(31-11(3)25)19(32-12(4)26)20(34-16)33-15-6-5-13(22(27)28)7-14(15)21/h5-7,16-20H,8H2,1-4H3/t16?,17-,18-,19-,20+/m0/s1. The van der Waals surface area contributed by atoms with Gasteiger partial charge < -0.3 is 28.4 Å². The third-order valence-electron chi connectivity index (χ3n) is 4.32. The first-order valence-corrected chi connectivity index (χ1v) is 10.2. The molecule has 0 bridgehead atoms. The summed E-state index contributed by atoms with van der Waals surface area (Å²) in [5, 5.41) is 10.8. The molecule has 14 heteroatoms. The van der Waals surface area contributed by atoms with Crippen molar-refractivity contribution in [3.05, 3.63) is 33.3 Å². The summed E-state index contributed by atoms with van der Waals surface area (Å²) in [6.07, 6.45) is -6.98. The second kappa shape index (κ2) is 11.6. The van der Waals surface area contributed by atoms with Crippen LogP contribution in [0, 0.1) is 10.1 Å². The van der Waals surface area contributed by atoms with Crippen molar-refractivity contribution in [3.8, 4) is 5.75 Å². The Balaban J connectivity index is 2.49. The van der Waals surface area contributed by atoms with Gasteiger partial charge in [-0.2, -0.15) is 0 Å². The zero-order valence-electron chi connectivity index (χ0n) is 18.6. The minimum Gasteiger partial charge on any atom is -0.463 e. The lowest BCUT2D eigenvalue weighted by molar-refractivity contribution is -0.384. The number of nitro benzene ring substituents is 1. The first kappa shape index (κ1) is 26.8. The van der Waals surface area contributed by atoms with Gasteiger partial charge in [-0.1, -0.05) is 11.6 Å². The third kappa shape index (κ3) is 7.28. The van der Waals surface area contributed by atoms with E-state index in [1.807, 2.05) is 0 Å². The van der Waals surface area contributed by atoms with Crippen LogP contribution in [0.4, 0.5) is 5.69 Å². The zero-order valence-corrected chi connectivity index (χ0v) is 19.3. The number of halogens is 1. The summed E-state index contributed by atoms with van der Waals surface area (Å²) in [5.74, 6) is -3.16. The van der Waals surface area contributed by atoms with Gasteiger partial charge in [-0.05, 0) is 6.07 Å². The van der Waals surface area contributed by atoms with E-state index in [9.17, 15) is 29.3 Å². The lowest BCUT2D eigenvalue weighted by Gasteiger charge is -2.43. The maximum atomic E-state index is 11.8. The molecule has 13 nitrogen and oxygen atoms in total. The highest BCUT2D eigenvalue weighted by molar-refractivity contribution is 6.32.